The second kappa shape index (κ2) is 11.6. The summed E-state index contributed by atoms with van der Waals surface area (Å²) in [5.41, 5.74) is 7.75. The molecule has 0 aliphatic carbocycles. The standard InChI is InChI=1S/C34H37N5O3/c1-23-5-6-28(36-20-23)21-38-13-10-26(11-14-38)37-27-7-8-31-25(18-27)17-24-3-2-4-30(34(24)42-31)32-22-39(15-16-41-32)29-9-12-35-33(40)19-29/h2-9,12,18-20,26,32,37H,10-11,13-17,21-22H2,1H3,(H,35,40). The highest BCUT2D eigenvalue weighted by Crippen LogP contribution is 2.43. The highest BCUT2D eigenvalue weighted by molar-refractivity contribution is 5.59. The number of fused-ring (bicyclic) bond motifs is 2. The van der Waals surface area contributed by atoms with Gasteiger partial charge in [-0.15, -0.1) is 0 Å². The number of benzene rings is 2. The maximum Gasteiger partial charge on any atom is 0.249 e. The van der Waals surface area contributed by atoms with E-state index in [1.165, 1.54) is 16.7 Å². The number of para-hydroxylation sites is 1. The number of rotatable bonds is 6. The Hall–Kier alpha value is -4.14. The van der Waals surface area contributed by atoms with Crippen molar-refractivity contribution in [2.45, 2.75) is 44.9 Å². The lowest BCUT2D eigenvalue weighted by Gasteiger charge is -2.36. The van der Waals surface area contributed by atoms with Crippen molar-refractivity contribution in [1.82, 2.24) is 14.9 Å². The molecule has 2 saturated heterocycles. The first kappa shape index (κ1) is 26.7. The van der Waals surface area contributed by atoms with Crippen molar-refractivity contribution >= 4 is 11.4 Å². The van der Waals surface area contributed by atoms with E-state index in [1.54, 1.807) is 12.3 Å². The molecule has 2 N–H and O–H groups in total. The zero-order valence-corrected chi connectivity index (χ0v) is 24.0. The number of morpholine rings is 1. The SMILES string of the molecule is Cc1ccc(CN2CCC(Nc3ccc4c(c3)Cc3cccc(C5CN(c6cc[nH]c(=O)c6)CCO5)c3O4)CC2)nc1. The first-order chi connectivity index (χ1) is 20.6. The summed E-state index contributed by atoms with van der Waals surface area (Å²) in [5.74, 6) is 1.81. The van der Waals surface area contributed by atoms with Gasteiger partial charge in [0.15, 0.2) is 0 Å². The monoisotopic (exact) mass is 563 g/mol. The third kappa shape index (κ3) is 5.78. The van der Waals surface area contributed by atoms with E-state index < -0.39 is 0 Å². The molecular formula is C34H37N5O3. The highest BCUT2D eigenvalue weighted by Gasteiger charge is 2.29. The normalized spacial score (nSPS) is 19.1. The van der Waals surface area contributed by atoms with Gasteiger partial charge in [-0.25, -0.2) is 0 Å². The van der Waals surface area contributed by atoms with Crippen molar-refractivity contribution in [3.8, 4) is 11.5 Å². The van der Waals surface area contributed by atoms with Crippen LogP contribution in [0.2, 0.25) is 0 Å². The summed E-state index contributed by atoms with van der Waals surface area (Å²) >= 11 is 0. The van der Waals surface area contributed by atoms with Crippen molar-refractivity contribution in [1.29, 1.82) is 0 Å². The second-order valence-electron chi connectivity index (χ2n) is 11.7. The summed E-state index contributed by atoms with van der Waals surface area (Å²) in [6.45, 7) is 7.14. The van der Waals surface area contributed by atoms with Crippen LogP contribution in [-0.4, -0.2) is 53.7 Å². The molecule has 0 radical (unpaired) electrons. The molecule has 2 aromatic carbocycles. The largest absolute Gasteiger partial charge is 0.456 e. The Labute approximate surface area is 246 Å². The maximum absolute atomic E-state index is 11.9. The van der Waals surface area contributed by atoms with Crippen LogP contribution < -0.4 is 20.5 Å². The number of aryl methyl sites for hydroxylation is 1. The van der Waals surface area contributed by atoms with Crippen LogP contribution in [0.3, 0.4) is 0 Å². The first-order valence-corrected chi connectivity index (χ1v) is 15.0. The van der Waals surface area contributed by atoms with Crippen molar-refractivity contribution in [2.24, 2.45) is 0 Å². The van der Waals surface area contributed by atoms with E-state index in [1.807, 2.05) is 12.3 Å². The van der Waals surface area contributed by atoms with Crippen molar-refractivity contribution in [3.63, 3.8) is 0 Å². The van der Waals surface area contributed by atoms with Crippen molar-refractivity contribution in [3.05, 3.63) is 111 Å². The van der Waals surface area contributed by atoms with Gasteiger partial charge in [0, 0.05) is 86.1 Å². The van der Waals surface area contributed by atoms with Crippen molar-refractivity contribution < 1.29 is 9.47 Å². The van der Waals surface area contributed by atoms with E-state index in [9.17, 15) is 4.79 Å². The highest BCUT2D eigenvalue weighted by atomic mass is 16.5. The van der Waals surface area contributed by atoms with Gasteiger partial charge in [-0.2, -0.15) is 0 Å². The Kier molecular flexibility index (Phi) is 7.40. The van der Waals surface area contributed by atoms with Gasteiger partial charge >= 0.3 is 0 Å². The lowest BCUT2D eigenvalue weighted by molar-refractivity contribution is 0.0384. The number of piperidine rings is 1. The predicted octanol–water partition coefficient (Wildman–Crippen LogP) is 5.43. The molecule has 3 aliphatic heterocycles. The van der Waals surface area contributed by atoms with Gasteiger partial charge in [0.1, 0.15) is 17.6 Å². The minimum absolute atomic E-state index is 0.0949. The molecule has 3 aliphatic rings. The third-order valence-corrected chi connectivity index (χ3v) is 8.63. The lowest BCUT2D eigenvalue weighted by atomic mass is 9.95. The summed E-state index contributed by atoms with van der Waals surface area (Å²) < 4.78 is 12.8. The number of nitrogens with one attached hydrogen (secondary N) is 2. The number of hydrogen-bond acceptors (Lipinski definition) is 7. The topological polar surface area (TPSA) is 82.7 Å². The fourth-order valence-electron chi connectivity index (χ4n) is 6.34. The second-order valence-corrected chi connectivity index (χ2v) is 11.7. The lowest BCUT2D eigenvalue weighted by Crippen LogP contribution is -2.39. The van der Waals surface area contributed by atoms with Gasteiger partial charge < -0.3 is 24.7 Å². The van der Waals surface area contributed by atoms with Crippen LogP contribution in [0, 0.1) is 6.92 Å². The summed E-state index contributed by atoms with van der Waals surface area (Å²) in [6, 6.07) is 21.2. The molecule has 1 atom stereocenters. The average Bonchev–Trinajstić information content (AvgIpc) is 3.02. The summed E-state index contributed by atoms with van der Waals surface area (Å²) in [7, 11) is 0. The Morgan fingerprint density at radius 3 is 2.76 bits per heavy atom. The molecule has 2 aromatic heterocycles. The molecular weight excluding hydrogens is 526 g/mol. The number of nitrogens with zero attached hydrogens (tertiary/aromatic N) is 3. The number of H-pyrrole nitrogens is 1. The Morgan fingerprint density at radius 1 is 1.02 bits per heavy atom. The van der Waals surface area contributed by atoms with Crippen LogP contribution in [0.4, 0.5) is 11.4 Å². The predicted molar refractivity (Wildman–Crippen MR) is 165 cm³/mol. The van der Waals surface area contributed by atoms with E-state index in [2.05, 4.69) is 80.5 Å². The molecule has 0 spiro atoms. The molecule has 0 amide bonds. The number of ether oxygens (including phenoxy) is 2. The van der Waals surface area contributed by atoms with E-state index in [4.69, 9.17) is 9.47 Å². The number of anilines is 2. The van der Waals surface area contributed by atoms with Gasteiger partial charge in [-0.3, -0.25) is 14.7 Å². The number of likely N-dealkylation sites (tertiary alicyclic amines) is 1. The number of aromatic amines is 1. The van der Waals surface area contributed by atoms with Crippen LogP contribution in [-0.2, 0) is 17.7 Å². The minimum atomic E-state index is -0.136. The Balaban J connectivity index is 0.997. The zero-order chi connectivity index (χ0) is 28.5. The van der Waals surface area contributed by atoms with E-state index in [0.717, 1.165) is 79.6 Å². The zero-order valence-electron chi connectivity index (χ0n) is 24.0. The smallest absolute Gasteiger partial charge is 0.249 e. The minimum Gasteiger partial charge on any atom is -0.456 e. The maximum atomic E-state index is 11.9. The molecule has 8 nitrogen and oxygen atoms in total. The molecule has 216 valence electrons. The van der Waals surface area contributed by atoms with Gasteiger partial charge in [0.2, 0.25) is 5.56 Å². The fourth-order valence-corrected chi connectivity index (χ4v) is 6.34. The Morgan fingerprint density at radius 2 is 1.93 bits per heavy atom. The quantitative estimate of drug-likeness (QED) is 0.285. The third-order valence-electron chi connectivity index (χ3n) is 8.63. The van der Waals surface area contributed by atoms with Crippen LogP contribution in [0.15, 0.2) is 77.9 Å². The van der Waals surface area contributed by atoms with Crippen LogP contribution in [0.1, 0.15) is 46.9 Å². The fraction of sp³-hybridized carbons (Fsp3) is 0.353. The molecule has 0 bridgehead atoms. The summed E-state index contributed by atoms with van der Waals surface area (Å²) in [5, 5.41) is 3.79. The molecule has 0 saturated carbocycles. The molecule has 4 aromatic rings. The van der Waals surface area contributed by atoms with Gasteiger partial charge in [-0.1, -0.05) is 24.3 Å². The molecule has 1 unspecified atom stereocenters. The van der Waals surface area contributed by atoms with Crippen molar-refractivity contribution in [2.75, 3.05) is 43.0 Å². The summed E-state index contributed by atoms with van der Waals surface area (Å²) in [4.78, 5) is 23.9. The first-order valence-electron chi connectivity index (χ1n) is 15.0. The summed E-state index contributed by atoms with van der Waals surface area (Å²) in [6.07, 6.45) is 6.56. The number of hydrogen-bond donors (Lipinski definition) is 2. The van der Waals surface area contributed by atoms with Crippen LogP contribution in [0.25, 0.3) is 0 Å². The average molecular weight is 564 g/mol. The van der Waals surface area contributed by atoms with Gasteiger partial charge in [0.05, 0.1) is 12.3 Å². The molecule has 5 heterocycles. The van der Waals surface area contributed by atoms with Gasteiger partial charge in [0.25, 0.3) is 0 Å². The van der Waals surface area contributed by atoms with E-state index in [0.29, 0.717) is 19.2 Å². The van der Waals surface area contributed by atoms with E-state index >= 15 is 0 Å². The Bertz CT molecular complexity index is 1610. The van der Waals surface area contributed by atoms with Crippen LogP contribution >= 0.6 is 0 Å². The van der Waals surface area contributed by atoms with Gasteiger partial charge in [-0.05, 0) is 61.2 Å². The molecule has 8 heteroatoms. The number of aromatic nitrogens is 2. The van der Waals surface area contributed by atoms with Crippen LogP contribution in [0.5, 0.6) is 11.5 Å². The molecule has 7 rings (SSSR count). The molecule has 42 heavy (non-hydrogen) atoms. The number of pyridine rings is 2. The van der Waals surface area contributed by atoms with E-state index in [-0.39, 0.29) is 11.7 Å². The molecule has 2 fully saturated rings.